The van der Waals surface area contributed by atoms with Crippen molar-refractivity contribution in [3.8, 4) is 5.69 Å². The van der Waals surface area contributed by atoms with Crippen molar-refractivity contribution in [3.63, 3.8) is 0 Å². The highest BCUT2D eigenvalue weighted by atomic mass is 16.2. The van der Waals surface area contributed by atoms with E-state index in [1.165, 1.54) is 4.80 Å². The first-order valence-corrected chi connectivity index (χ1v) is 8.61. The molecule has 25 heavy (non-hydrogen) atoms. The molecule has 0 aliphatic carbocycles. The van der Waals surface area contributed by atoms with Gasteiger partial charge in [-0.25, -0.2) is 0 Å². The Morgan fingerprint density at radius 2 is 1.92 bits per heavy atom. The average molecular weight is 341 g/mol. The molecule has 1 aromatic heterocycles. The third kappa shape index (κ3) is 3.87. The number of nitrogens with zero attached hydrogens (tertiary/aromatic N) is 4. The fraction of sp³-hybridized carbons (Fsp3) is 0.444. The molecule has 2 aromatic rings. The molecule has 1 unspecified atom stereocenters. The molecule has 7 heteroatoms. The van der Waals surface area contributed by atoms with Gasteiger partial charge in [0.25, 0.3) is 5.91 Å². The SMILES string of the molecule is CC(C)NC(=O)C1CCCN(C(=O)c2ccccc2-n2nccn2)C1. The quantitative estimate of drug-likeness (QED) is 0.917. The number of para-hydroxylation sites is 1. The lowest BCUT2D eigenvalue weighted by atomic mass is 9.96. The zero-order chi connectivity index (χ0) is 17.8. The van der Waals surface area contributed by atoms with E-state index in [9.17, 15) is 9.59 Å². The highest BCUT2D eigenvalue weighted by Gasteiger charge is 2.30. The maximum Gasteiger partial charge on any atom is 0.256 e. The molecule has 132 valence electrons. The van der Waals surface area contributed by atoms with Gasteiger partial charge in [0.05, 0.1) is 29.6 Å². The summed E-state index contributed by atoms with van der Waals surface area (Å²) in [7, 11) is 0. The van der Waals surface area contributed by atoms with E-state index in [2.05, 4.69) is 15.5 Å². The summed E-state index contributed by atoms with van der Waals surface area (Å²) in [6.07, 6.45) is 4.79. The Morgan fingerprint density at radius 1 is 1.20 bits per heavy atom. The van der Waals surface area contributed by atoms with Gasteiger partial charge >= 0.3 is 0 Å². The third-order valence-electron chi connectivity index (χ3n) is 4.28. The Kier molecular flexibility index (Phi) is 5.11. The summed E-state index contributed by atoms with van der Waals surface area (Å²) in [6, 6.07) is 7.38. The third-order valence-corrected chi connectivity index (χ3v) is 4.28. The van der Waals surface area contributed by atoms with Gasteiger partial charge in [-0.05, 0) is 38.8 Å². The predicted molar refractivity (Wildman–Crippen MR) is 93.3 cm³/mol. The van der Waals surface area contributed by atoms with Crippen molar-refractivity contribution in [2.24, 2.45) is 5.92 Å². The Morgan fingerprint density at radius 3 is 2.64 bits per heavy atom. The Labute approximate surface area is 147 Å². The zero-order valence-corrected chi connectivity index (χ0v) is 14.6. The fourth-order valence-electron chi connectivity index (χ4n) is 3.12. The molecule has 0 bridgehead atoms. The van der Waals surface area contributed by atoms with Gasteiger partial charge in [0.1, 0.15) is 0 Å². The second kappa shape index (κ2) is 7.46. The van der Waals surface area contributed by atoms with Crippen molar-refractivity contribution in [2.75, 3.05) is 13.1 Å². The summed E-state index contributed by atoms with van der Waals surface area (Å²) in [6.45, 7) is 4.98. The number of carbonyl (C=O) groups excluding carboxylic acids is 2. The van der Waals surface area contributed by atoms with E-state index in [1.807, 2.05) is 32.0 Å². The maximum atomic E-state index is 13.0. The van der Waals surface area contributed by atoms with Crippen molar-refractivity contribution < 1.29 is 9.59 Å². The molecule has 2 heterocycles. The highest BCUT2D eigenvalue weighted by molar-refractivity contribution is 5.98. The van der Waals surface area contributed by atoms with Gasteiger partial charge in [-0.3, -0.25) is 9.59 Å². The number of nitrogens with one attached hydrogen (secondary N) is 1. The normalized spacial score (nSPS) is 17.6. The fourth-order valence-corrected chi connectivity index (χ4v) is 3.12. The van der Waals surface area contributed by atoms with Crippen molar-refractivity contribution in [2.45, 2.75) is 32.7 Å². The van der Waals surface area contributed by atoms with E-state index < -0.39 is 0 Å². The van der Waals surface area contributed by atoms with Crippen LogP contribution in [0.3, 0.4) is 0 Å². The zero-order valence-electron chi connectivity index (χ0n) is 14.6. The summed E-state index contributed by atoms with van der Waals surface area (Å²) < 4.78 is 0. The molecule has 1 fully saturated rings. The van der Waals surface area contributed by atoms with Crippen LogP contribution in [-0.2, 0) is 4.79 Å². The lowest BCUT2D eigenvalue weighted by Gasteiger charge is -2.32. The lowest BCUT2D eigenvalue weighted by Crippen LogP contribution is -2.46. The second-order valence-electron chi connectivity index (χ2n) is 6.59. The van der Waals surface area contributed by atoms with Crippen LogP contribution in [-0.4, -0.2) is 50.8 Å². The topological polar surface area (TPSA) is 80.1 Å². The molecule has 1 aliphatic heterocycles. The molecule has 3 rings (SSSR count). The number of carbonyl (C=O) groups is 2. The van der Waals surface area contributed by atoms with Crippen LogP contribution in [0.25, 0.3) is 5.69 Å². The highest BCUT2D eigenvalue weighted by Crippen LogP contribution is 2.21. The standard InChI is InChI=1S/C18H23N5O2/c1-13(2)21-17(24)14-6-5-11-22(12-14)18(25)15-7-3-4-8-16(15)23-19-9-10-20-23/h3-4,7-10,13-14H,5-6,11-12H2,1-2H3,(H,21,24). The van der Waals surface area contributed by atoms with E-state index in [0.29, 0.717) is 24.3 Å². The Hall–Kier alpha value is -2.70. The van der Waals surface area contributed by atoms with Crippen LogP contribution in [0, 0.1) is 5.92 Å². The van der Waals surface area contributed by atoms with Gasteiger partial charge in [-0.15, -0.1) is 0 Å². The van der Waals surface area contributed by atoms with Gasteiger partial charge in [0.15, 0.2) is 0 Å². The number of benzene rings is 1. The maximum absolute atomic E-state index is 13.0. The molecule has 0 spiro atoms. The minimum absolute atomic E-state index is 0.0227. The van der Waals surface area contributed by atoms with Crippen LogP contribution in [0.1, 0.15) is 37.0 Å². The van der Waals surface area contributed by atoms with Gasteiger partial charge in [-0.1, -0.05) is 12.1 Å². The van der Waals surface area contributed by atoms with Crippen LogP contribution in [0.2, 0.25) is 0 Å². The van der Waals surface area contributed by atoms with E-state index in [4.69, 9.17) is 0 Å². The van der Waals surface area contributed by atoms with Gasteiger partial charge in [0.2, 0.25) is 5.91 Å². The smallest absolute Gasteiger partial charge is 0.256 e. The molecule has 0 saturated carbocycles. The predicted octanol–water partition coefficient (Wildman–Crippen LogP) is 1.64. The monoisotopic (exact) mass is 341 g/mol. The van der Waals surface area contributed by atoms with E-state index in [-0.39, 0.29) is 23.8 Å². The first-order valence-electron chi connectivity index (χ1n) is 8.61. The number of likely N-dealkylation sites (tertiary alicyclic amines) is 1. The molecule has 1 aliphatic rings. The number of rotatable bonds is 4. The summed E-state index contributed by atoms with van der Waals surface area (Å²) in [5.41, 5.74) is 1.19. The number of aromatic nitrogens is 3. The minimum Gasteiger partial charge on any atom is -0.354 e. The number of piperidine rings is 1. The van der Waals surface area contributed by atoms with Crippen LogP contribution < -0.4 is 5.32 Å². The molecule has 1 aromatic carbocycles. The molecular formula is C18H23N5O2. The molecular weight excluding hydrogens is 318 g/mol. The van der Waals surface area contributed by atoms with Crippen LogP contribution in [0.4, 0.5) is 0 Å². The average Bonchev–Trinajstić information content (AvgIpc) is 3.15. The Balaban J connectivity index is 1.78. The van der Waals surface area contributed by atoms with E-state index >= 15 is 0 Å². The Bertz CT molecular complexity index is 742. The number of amides is 2. The van der Waals surface area contributed by atoms with Crippen LogP contribution in [0.5, 0.6) is 0 Å². The largest absolute Gasteiger partial charge is 0.354 e. The van der Waals surface area contributed by atoms with Crippen molar-refractivity contribution in [3.05, 3.63) is 42.2 Å². The van der Waals surface area contributed by atoms with Crippen LogP contribution in [0.15, 0.2) is 36.7 Å². The molecule has 1 N–H and O–H groups in total. The molecule has 1 atom stereocenters. The number of hydrogen-bond acceptors (Lipinski definition) is 4. The van der Waals surface area contributed by atoms with E-state index in [1.54, 1.807) is 23.4 Å². The molecule has 7 nitrogen and oxygen atoms in total. The minimum atomic E-state index is -0.157. The molecule has 2 amide bonds. The van der Waals surface area contributed by atoms with Gasteiger partial charge in [-0.2, -0.15) is 15.0 Å². The molecule has 1 saturated heterocycles. The lowest BCUT2D eigenvalue weighted by molar-refractivity contribution is -0.126. The summed E-state index contributed by atoms with van der Waals surface area (Å²) in [5.74, 6) is -0.223. The summed E-state index contributed by atoms with van der Waals surface area (Å²) >= 11 is 0. The van der Waals surface area contributed by atoms with Gasteiger partial charge < -0.3 is 10.2 Å². The van der Waals surface area contributed by atoms with E-state index in [0.717, 1.165) is 12.8 Å². The van der Waals surface area contributed by atoms with Crippen molar-refractivity contribution in [1.29, 1.82) is 0 Å². The first kappa shape index (κ1) is 17.1. The van der Waals surface area contributed by atoms with Gasteiger partial charge in [0, 0.05) is 19.1 Å². The van der Waals surface area contributed by atoms with Crippen LogP contribution >= 0.6 is 0 Å². The second-order valence-corrected chi connectivity index (χ2v) is 6.59. The van der Waals surface area contributed by atoms with Crippen molar-refractivity contribution >= 4 is 11.8 Å². The summed E-state index contributed by atoms with van der Waals surface area (Å²) in [4.78, 5) is 28.5. The van der Waals surface area contributed by atoms with Crippen molar-refractivity contribution in [1.82, 2.24) is 25.2 Å². The molecule has 0 radical (unpaired) electrons. The summed E-state index contributed by atoms with van der Waals surface area (Å²) in [5, 5.41) is 11.2. The first-order chi connectivity index (χ1) is 12.1. The number of hydrogen-bond donors (Lipinski definition) is 1.